The largest absolute Gasteiger partial charge is 0.323 e. The average molecular weight is 234 g/mol. The van der Waals surface area contributed by atoms with Crippen LogP contribution in [0, 0.1) is 19.7 Å². The van der Waals surface area contributed by atoms with E-state index in [1.54, 1.807) is 10.7 Å². The molecule has 90 valence electrons. The van der Waals surface area contributed by atoms with E-state index in [4.69, 9.17) is 5.73 Å². The lowest BCUT2D eigenvalue weighted by Gasteiger charge is -2.08. The molecule has 0 fully saturated rings. The first kappa shape index (κ1) is 11.7. The summed E-state index contributed by atoms with van der Waals surface area (Å²) in [7, 11) is 0. The van der Waals surface area contributed by atoms with Crippen molar-refractivity contribution in [2.24, 2.45) is 5.73 Å². The molecule has 4 nitrogen and oxygen atoms in total. The lowest BCUT2D eigenvalue weighted by Crippen LogP contribution is -2.08. The predicted molar refractivity (Wildman–Crippen MR) is 63.4 cm³/mol. The van der Waals surface area contributed by atoms with Crippen LogP contribution in [-0.2, 0) is 0 Å². The molecule has 2 aromatic rings. The Hall–Kier alpha value is -1.75. The highest BCUT2D eigenvalue weighted by atomic mass is 19.1. The van der Waals surface area contributed by atoms with Gasteiger partial charge in [0.2, 0.25) is 0 Å². The van der Waals surface area contributed by atoms with Crippen molar-refractivity contribution in [3.8, 4) is 5.69 Å². The highest BCUT2D eigenvalue weighted by Gasteiger charge is 2.14. The summed E-state index contributed by atoms with van der Waals surface area (Å²) in [6, 6.07) is 4.42. The van der Waals surface area contributed by atoms with E-state index in [2.05, 4.69) is 10.3 Å². The fourth-order valence-electron chi connectivity index (χ4n) is 1.85. The lowest BCUT2D eigenvalue weighted by molar-refractivity contribution is 0.625. The Kier molecular flexibility index (Phi) is 2.93. The Morgan fingerprint density at radius 1 is 1.35 bits per heavy atom. The van der Waals surface area contributed by atoms with Gasteiger partial charge in [0.05, 0.1) is 11.4 Å². The Labute approximate surface area is 99.2 Å². The van der Waals surface area contributed by atoms with Crippen LogP contribution < -0.4 is 5.73 Å². The predicted octanol–water partition coefficient (Wildman–Crippen LogP) is 2.04. The number of nitrogens with zero attached hydrogens (tertiary/aromatic N) is 3. The van der Waals surface area contributed by atoms with Gasteiger partial charge in [-0.15, -0.1) is 5.10 Å². The Bertz CT molecular complexity index is 545. The third kappa shape index (κ3) is 2.06. The van der Waals surface area contributed by atoms with E-state index < -0.39 is 0 Å². The van der Waals surface area contributed by atoms with Gasteiger partial charge in [-0.1, -0.05) is 5.21 Å². The minimum absolute atomic E-state index is 0.162. The first-order chi connectivity index (χ1) is 8.00. The quantitative estimate of drug-likeness (QED) is 0.865. The zero-order chi connectivity index (χ0) is 12.6. The highest BCUT2D eigenvalue weighted by molar-refractivity contribution is 5.41. The molecule has 2 N–H and O–H groups in total. The molecule has 2 rings (SSSR count). The van der Waals surface area contributed by atoms with E-state index in [1.165, 1.54) is 12.1 Å². The normalized spacial score (nSPS) is 12.8. The third-order valence-electron chi connectivity index (χ3n) is 2.75. The molecular formula is C12H15FN4. The molecule has 0 aliphatic rings. The van der Waals surface area contributed by atoms with E-state index in [0.29, 0.717) is 0 Å². The molecule has 1 aromatic carbocycles. The van der Waals surface area contributed by atoms with Gasteiger partial charge < -0.3 is 5.73 Å². The van der Waals surface area contributed by atoms with Crippen LogP contribution in [0.2, 0.25) is 0 Å². The van der Waals surface area contributed by atoms with Crippen LogP contribution in [0.3, 0.4) is 0 Å². The van der Waals surface area contributed by atoms with Crippen LogP contribution in [0.15, 0.2) is 18.2 Å². The van der Waals surface area contributed by atoms with Gasteiger partial charge in [-0.3, -0.25) is 0 Å². The summed E-state index contributed by atoms with van der Waals surface area (Å²) in [5.74, 6) is -0.253. The molecule has 1 heterocycles. The molecule has 0 amide bonds. The molecule has 0 spiro atoms. The summed E-state index contributed by atoms with van der Waals surface area (Å²) < 4.78 is 14.7. The zero-order valence-corrected chi connectivity index (χ0v) is 10.1. The maximum absolute atomic E-state index is 13.0. The molecule has 0 radical (unpaired) electrons. The van der Waals surface area contributed by atoms with Crippen molar-refractivity contribution in [3.63, 3.8) is 0 Å². The third-order valence-corrected chi connectivity index (χ3v) is 2.75. The molecule has 1 aromatic heterocycles. The molecule has 17 heavy (non-hydrogen) atoms. The van der Waals surface area contributed by atoms with E-state index in [9.17, 15) is 4.39 Å². The van der Waals surface area contributed by atoms with Crippen molar-refractivity contribution < 1.29 is 4.39 Å². The SMILES string of the molecule is Cc1cc(F)ccc1-n1nnc(C(C)N)c1C. The number of nitrogens with two attached hydrogens (primary N) is 1. The minimum atomic E-state index is -0.253. The lowest BCUT2D eigenvalue weighted by atomic mass is 10.1. The summed E-state index contributed by atoms with van der Waals surface area (Å²) in [5.41, 5.74) is 9.07. The fraction of sp³-hybridized carbons (Fsp3) is 0.333. The minimum Gasteiger partial charge on any atom is -0.323 e. The van der Waals surface area contributed by atoms with Gasteiger partial charge in [0.1, 0.15) is 11.5 Å². The highest BCUT2D eigenvalue weighted by Crippen LogP contribution is 2.19. The monoisotopic (exact) mass is 234 g/mol. The van der Waals surface area contributed by atoms with E-state index in [-0.39, 0.29) is 11.9 Å². The van der Waals surface area contributed by atoms with Crippen LogP contribution in [0.25, 0.3) is 5.69 Å². The first-order valence-electron chi connectivity index (χ1n) is 5.45. The second-order valence-electron chi connectivity index (χ2n) is 4.19. The topological polar surface area (TPSA) is 56.7 Å². The molecular weight excluding hydrogens is 219 g/mol. The Morgan fingerprint density at radius 2 is 2.06 bits per heavy atom. The van der Waals surface area contributed by atoms with E-state index in [0.717, 1.165) is 22.6 Å². The van der Waals surface area contributed by atoms with Crippen molar-refractivity contribution in [1.29, 1.82) is 0 Å². The van der Waals surface area contributed by atoms with Crippen LogP contribution in [0.5, 0.6) is 0 Å². The van der Waals surface area contributed by atoms with Crippen LogP contribution >= 0.6 is 0 Å². The molecule has 0 aliphatic carbocycles. The second kappa shape index (κ2) is 4.25. The molecule has 0 aliphatic heterocycles. The molecule has 0 bridgehead atoms. The maximum atomic E-state index is 13.0. The number of halogens is 1. The average Bonchev–Trinajstić information content (AvgIpc) is 2.60. The zero-order valence-electron chi connectivity index (χ0n) is 10.1. The smallest absolute Gasteiger partial charge is 0.123 e. The first-order valence-corrected chi connectivity index (χ1v) is 5.45. The number of rotatable bonds is 2. The van der Waals surface area contributed by atoms with E-state index in [1.807, 2.05) is 20.8 Å². The molecule has 0 saturated heterocycles. The molecule has 0 saturated carbocycles. The standard InChI is InChI=1S/C12H15FN4/c1-7-6-10(13)4-5-11(7)17-9(3)12(8(2)14)15-16-17/h4-6,8H,14H2,1-3H3. The number of hydrogen-bond donors (Lipinski definition) is 1. The van der Waals surface area contributed by atoms with Crippen molar-refractivity contribution in [2.75, 3.05) is 0 Å². The van der Waals surface area contributed by atoms with Crippen LogP contribution in [0.1, 0.15) is 29.9 Å². The number of hydrogen-bond acceptors (Lipinski definition) is 3. The molecule has 5 heteroatoms. The summed E-state index contributed by atoms with van der Waals surface area (Å²) in [4.78, 5) is 0. The summed E-state index contributed by atoms with van der Waals surface area (Å²) in [5, 5.41) is 8.11. The van der Waals surface area contributed by atoms with Gasteiger partial charge in [-0.2, -0.15) is 0 Å². The summed E-state index contributed by atoms with van der Waals surface area (Å²) >= 11 is 0. The number of benzene rings is 1. The number of aromatic nitrogens is 3. The Morgan fingerprint density at radius 3 is 2.59 bits per heavy atom. The van der Waals surface area contributed by atoms with Gasteiger partial charge >= 0.3 is 0 Å². The second-order valence-corrected chi connectivity index (χ2v) is 4.19. The van der Waals surface area contributed by atoms with Crippen molar-refractivity contribution in [3.05, 3.63) is 41.0 Å². The van der Waals surface area contributed by atoms with Crippen LogP contribution in [-0.4, -0.2) is 15.0 Å². The molecule has 1 atom stereocenters. The van der Waals surface area contributed by atoms with Gasteiger partial charge in [0, 0.05) is 6.04 Å². The van der Waals surface area contributed by atoms with Gasteiger partial charge in [-0.05, 0) is 44.5 Å². The van der Waals surface area contributed by atoms with Gasteiger partial charge in [-0.25, -0.2) is 9.07 Å². The Balaban J connectivity index is 2.54. The van der Waals surface area contributed by atoms with Gasteiger partial charge in [0.25, 0.3) is 0 Å². The fourth-order valence-corrected chi connectivity index (χ4v) is 1.85. The van der Waals surface area contributed by atoms with Crippen molar-refractivity contribution >= 4 is 0 Å². The summed E-state index contributed by atoms with van der Waals surface area (Å²) in [6.07, 6.45) is 0. The van der Waals surface area contributed by atoms with Crippen molar-refractivity contribution in [2.45, 2.75) is 26.8 Å². The summed E-state index contributed by atoms with van der Waals surface area (Å²) in [6.45, 7) is 5.60. The number of aryl methyl sites for hydroxylation is 1. The maximum Gasteiger partial charge on any atom is 0.123 e. The van der Waals surface area contributed by atoms with Crippen molar-refractivity contribution in [1.82, 2.24) is 15.0 Å². The molecule has 1 unspecified atom stereocenters. The van der Waals surface area contributed by atoms with Gasteiger partial charge in [0.15, 0.2) is 0 Å². The van der Waals surface area contributed by atoms with E-state index >= 15 is 0 Å². The van der Waals surface area contributed by atoms with Crippen LogP contribution in [0.4, 0.5) is 4.39 Å².